The normalized spacial score (nSPS) is 17.8. The highest BCUT2D eigenvalue weighted by molar-refractivity contribution is 5.94. The molecule has 3 rings (SSSR count). The van der Waals surface area contributed by atoms with Gasteiger partial charge in [-0.3, -0.25) is 4.79 Å². The van der Waals surface area contributed by atoms with Gasteiger partial charge in [0.25, 0.3) is 5.91 Å². The van der Waals surface area contributed by atoms with Crippen LogP contribution >= 0.6 is 0 Å². The topological polar surface area (TPSA) is 46.3 Å². The van der Waals surface area contributed by atoms with Crippen LogP contribution in [0.4, 0.5) is 13.2 Å². The zero-order valence-corrected chi connectivity index (χ0v) is 12.9. The zero-order chi connectivity index (χ0) is 17.3. The van der Waals surface area contributed by atoms with Crippen LogP contribution in [0, 0.1) is 17.5 Å². The summed E-state index contributed by atoms with van der Waals surface area (Å²) in [6.07, 6.45) is 1.78. The maximum atomic E-state index is 13.3. The van der Waals surface area contributed by atoms with Crippen LogP contribution in [0.15, 0.2) is 36.4 Å². The van der Waals surface area contributed by atoms with Crippen molar-refractivity contribution in [3.05, 3.63) is 59.4 Å². The van der Waals surface area contributed by atoms with Gasteiger partial charge in [0.05, 0.1) is 0 Å². The van der Waals surface area contributed by atoms with Gasteiger partial charge in [-0.05, 0) is 48.2 Å². The largest absolute Gasteiger partial charge is 0.337 e. The standard InChI is InChI=1S/C18H17F3N2O/c19-15-8-13(9-16(20)17(15)21)11-3-5-12(6-4-11)18(24)23-7-1-2-14(22)10-23/h3-6,8-9,14H,1-2,7,10,22H2. The summed E-state index contributed by atoms with van der Waals surface area (Å²) in [6.45, 7) is 1.19. The minimum absolute atomic E-state index is 0.00728. The quantitative estimate of drug-likeness (QED) is 0.856. The molecule has 0 bridgehead atoms. The lowest BCUT2D eigenvalue weighted by Gasteiger charge is -2.30. The predicted molar refractivity (Wildman–Crippen MR) is 84.9 cm³/mol. The average Bonchev–Trinajstić information content (AvgIpc) is 2.59. The van der Waals surface area contributed by atoms with Gasteiger partial charge in [-0.2, -0.15) is 0 Å². The molecular formula is C18H17F3N2O. The number of benzene rings is 2. The van der Waals surface area contributed by atoms with E-state index < -0.39 is 17.5 Å². The number of carbonyl (C=O) groups excluding carboxylic acids is 1. The monoisotopic (exact) mass is 334 g/mol. The number of hydrogen-bond donors (Lipinski definition) is 1. The Morgan fingerprint density at radius 2 is 1.67 bits per heavy atom. The van der Waals surface area contributed by atoms with Crippen molar-refractivity contribution in [3.8, 4) is 11.1 Å². The number of piperidine rings is 1. The number of amides is 1. The molecule has 0 aromatic heterocycles. The third-order valence-corrected chi connectivity index (χ3v) is 4.19. The second-order valence-corrected chi connectivity index (χ2v) is 5.98. The van der Waals surface area contributed by atoms with E-state index in [-0.39, 0.29) is 17.5 Å². The first kappa shape index (κ1) is 16.5. The van der Waals surface area contributed by atoms with Crippen LogP contribution in [0.5, 0.6) is 0 Å². The van der Waals surface area contributed by atoms with Crippen LogP contribution in [0.1, 0.15) is 23.2 Å². The highest BCUT2D eigenvalue weighted by Crippen LogP contribution is 2.24. The first-order chi connectivity index (χ1) is 11.5. The van der Waals surface area contributed by atoms with Crippen LogP contribution in [0.3, 0.4) is 0 Å². The average molecular weight is 334 g/mol. The van der Waals surface area contributed by atoms with Crippen molar-refractivity contribution in [3.63, 3.8) is 0 Å². The molecule has 0 radical (unpaired) electrons. The fraction of sp³-hybridized carbons (Fsp3) is 0.278. The summed E-state index contributed by atoms with van der Waals surface area (Å²) in [5.41, 5.74) is 7.08. The number of halogens is 3. The SMILES string of the molecule is NC1CCCN(C(=O)c2ccc(-c3cc(F)c(F)c(F)c3)cc2)C1. The van der Waals surface area contributed by atoms with Gasteiger partial charge < -0.3 is 10.6 Å². The molecule has 1 aliphatic heterocycles. The molecule has 2 aromatic rings. The van der Waals surface area contributed by atoms with Gasteiger partial charge in [0.2, 0.25) is 0 Å². The summed E-state index contributed by atoms with van der Waals surface area (Å²) in [4.78, 5) is 14.2. The van der Waals surface area contributed by atoms with Crippen LogP contribution < -0.4 is 5.73 Å². The zero-order valence-electron chi connectivity index (χ0n) is 12.9. The maximum Gasteiger partial charge on any atom is 0.253 e. The molecule has 3 nitrogen and oxygen atoms in total. The van der Waals surface area contributed by atoms with Gasteiger partial charge >= 0.3 is 0 Å². The van der Waals surface area contributed by atoms with Gasteiger partial charge in [0, 0.05) is 24.7 Å². The minimum Gasteiger partial charge on any atom is -0.337 e. The van der Waals surface area contributed by atoms with Gasteiger partial charge in [-0.1, -0.05) is 12.1 Å². The summed E-state index contributed by atoms with van der Waals surface area (Å²) in [7, 11) is 0. The fourth-order valence-electron chi connectivity index (χ4n) is 2.90. The summed E-state index contributed by atoms with van der Waals surface area (Å²) < 4.78 is 39.7. The molecule has 1 amide bonds. The molecule has 1 aliphatic rings. The molecule has 0 spiro atoms. The van der Waals surface area contributed by atoms with Crippen molar-refractivity contribution in [2.75, 3.05) is 13.1 Å². The van der Waals surface area contributed by atoms with Crippen LogP contribution in [0.2, 0.25) is 0 Å². The van der Waals surface area contributed by atoms with Crippen LogP contribution in [-0.4, -0.2) is 29.9 Å². The minimum atomic E-state index is -1.49. The smallest absolute Gasteiger partial charge is 0.253 e. The number of hydrogen-bond acceptors (Lipinski definition) is 2. The van der Waals surface area contributed by atoms with Crippen molar-refractivity contribution in [1.82, 2.24) is 4.90 Å². The Bertz CT molecular complexity index is 738. The molecule has 1 fully saturated rings. The Hall–Kier alpha value is -2.34. The van der Waals surface area contributed by atoms with Gasteiger partial charge in [-0.15, -0.1) is 0 Å². The lowest BCUT2D eigenvalue weighted by atomic mass is 10.0. The van der Waals surface area contributed by atoms with E-state index in [2.05, 4.69) is 0 Å². The van der Waals surface area contributed by atoms with Crippen LogP contribution in [0.25, 0.3) is 11.1 Å². The van der Waals surface area contributed by atoms with E-state index in [1.807, 2.05) is 0 Å². The molecule has 1 unspecified atom stereocenters. The van der Waals surface area contributed by atoms with Crippen molar-refractivity contribution < 1.29 is 18.0 Å². The van der Waals surface area contributed by atoms with Crippen LogP contribution in [-0.2, 0) is 0 Å². The Morgan fingerprint density at radius 3 is 2.25 bits per heavy atom. The predicted octanol–water partition coefficient (Wildman–Crippen LogP) is 3.33. The number of nitrogens with zero attached hydrogens (tertiary/aromatic N) is 1. The number of nitrogens with two attached hydrogens (primary N) is 1. The lowest BCUT2D eigenvalue weighted by Crippen LogP contribution is -2.45. The van der Waals surface area contributed by atoms with Crippen molar-refractivity contribution in [2.24, 2.45) is 5.73 Å². The highest BCUT2D eigenvalue weighted by atomic mass is 19.2. The van der Waals surface area contributed by atoms with Gasteiger partial charge in [-0.25, -0.2) is 13.2 Å². The Balaban J connectivity index is 1.82. The van der Waals surface area contributed by atoms with Crippen molar-refractivity contribution in [2.45, 2.75) is 18.9 Å². The third kappa shape index (κ3) is 3.28. The molecule has 2 N–H and O–H groups in total. The van der Waals surface area contributed by atoms with E-state index >= 15 is 0 Å². The maximum absolute atomic E-state index is 13.3. The first-order valence-electron chi connectivity index (χ1n) is 7.75. The second kappa shape index (κ2) is 6.65. The second-order valence-electron chi connectivity index (χ2n) is 5.98. The number of rotatable bonds is 2. The number of likely N-dealkylation sites (tertiary alicyclic amines) is 1. The molecule has 1 heterocycles. The van der Waals surface area contributed by atoms with E-state index in [4.69, 9.17) is 5.73 Å². The van der Waals surface area contributed by atoms with Crippen molar-refractivity contribution >= 4 is 5.91 Å². The van der Waals surface area contributed by atoms with Gasteiger partial charge in [0.15, 0.2) is 17.5 Å². The molecule has 126 valence electrons. The molecule has 0 saturated carbocycles. The van der Waals surface area contributed by atoms with E-state index in [9.17, 15) is 18.0 Å². The Kier molecular flexibility index (Phi) is 4.57. The van der Waals surface area contributed by atoms with E-state index in [1.165, 1.54) is 0 Å². The molecule has 2 aromatic carbocycles. The molecule has 24 heavy (non-hydrogen) atoms. The summed E-state index contributed by atoms with van der Waals surface area (Å²) in [6, 6.07) is 8.21. The Morgan fingerprint density at radius 1 is 1.04 bits per heavy atom. The lowest BCUT2D eigenvalue weighted by molar-refractivity contribution is 0.0709. The summed E-state index contributed by atoms with van der Waals surface area (Å²) >= 11 is 0. The van der Waals surface area contributed by atoms with E-state index in [0.29, 0.717) is 24.2 Å². The number of carbonyl (C=O) groups is 1. The molecule has 6 heteroatoms. The van der Waals surface area contributed by atoms with E-state index in [0.717, 1.165) is 25.0 Å². The molecular weight excluding hydrogens is 317 g/mol. The summed E-state index contributed by atoms with van der Waals surface area (Å²) in [5.74, 6) is -4.10. The molecule has 0 aliphatic carbocycles. The summed E-state index contributed by atoms with van der Waals surface area (Å²) in [5, 5.41) is 0. The third-order valence-electron chi connectivity index (χ3n) is 4.19. The molecule has 1 atom stereocenters. The van der Waals surface area contributed by atoms with Gasteiger partial charge in [0.1, 0.15) is 0 Å². The fourth-order valence-corrected chi connectivity index (χ4v) is 2.90. The van der Waals surface area contributed by atoms with E-state index in [1.54, 1.807) is 29.2 Å². The van der Waals surface area contributed by atoms with Crippen molar-refractivity contribution in [1.29, 1.82) is 0 Å². The Labute approximate surface area is 137 Å². The molecule has 1 saturated heterocycles. The first-order valence-corrected chi connectivity index (χ1v) is 7.75. The highest BCUT2D eigenvalue weighted by Gasteiger charge is 2.22.